The van der Waals surface area contributed by atoms with Crippen molar-refractivity contribution in [3.05, 3.63) is 69.5 Å². The lowest BCUT2D eigenvalue weighted by atomic mass is 9.97. The quantitative estimate of drug-likeness (QED) is 0.503. The summed E-state index contributed by atoms with van der Waals surface area (Å²) in [4.78, 5) is 0. The van der Waals surface area contributed by atoms with Crippen molar-refractivity contribution in [2.75, 3.05) is 7.05 Å². The first-order chi connectivity index (χ1) is 9.86. The van der Waals surface area contributed by atoms with E-state index >= 15 is 0 Å². The van der Waals surface area contributed by atoms with Gasteiger partial charge >= 0.3 is 0 Å². The third-order valence-corrected chi connectivity index (χ3v) is 3.34. The van der Waals surface area contributed by atoms with E-state index in [4.69, 9.17) is 11.6 Å². The van der Waals surface area contributed by atoms with Gasteiger partial charge in [-0.05, 0) is 30.8 Å². The Hall–Kier alpha value is -1.66. The van der Waals surface area contributed by atoms with Gasteiger partial charge in [0.1, 0.15) is 0 Å². The fraction of sp³-hybridized carbons (Fsp3) is 0.143. The first-order valence-corrected chi connectivity index (χ1v) is 6.19. The first-order valence-electron chi connectivity index (χ1n) is 5.82. The third-order valence-electron chi connectivity index (χ3n) is 3.02. The average molecular weight is 322 g/mol. The maximum Gasteiger partial charge on any atom is 0.194 e. The van der Waals surface area contributed by atoms with E-state index in [-0.39, 0.29) is 16.1 Å². The smallest absolute Gasteiger partial charge is 0.194 e. The number of hydrogen-bond donors (Lipinski definition) is 1. The van der Waals surface area contributed by atoms with E-state index in [1.54, 1.807) is 0 Å². The van der Waals surface area contributed by atoms with Crippen LogP contribution in [0.4, 0.5) is 22.0 Å². The van der Waals surface area contributed by atoms with Gasteiger partial charge in [0.15, 0.2) is 29.1 Å². The lowest BCUT2D eigenvalue weighted by Gasteiger charge is -2.19. The standard InChI is InChI=1S/C14H9ClF5N/c1-21-14(6-2-3-9(16)13(20)12(6)19)7-4-10(17)11(18)5-8(7)15/h2-5,14,21H,1H3. The van der Waals surface area contributed by atoms with Gasteiger partial charge in [0, 0.05) is 10.6 Å². The molecule has 7 heteroatoms. The van der Waals surface area contributed by atoms with Gasteiger partial charge in [0.05, 0.1) is 6.04 Å². The van der Waals surface area contributed by atoms with Gasteiger partial charge in [-0.3, -0.25) is 0 Å². The van der Waals surface area contributed by atoms with E-state index in [2.05, 4.69) is 5.32 Å². The molecular weight excluding hydrogens is 313 g/mol. The van der Waals surface area contributed by atoms with Gasteiger partial charge in [-0.15, -0.1) is 0 Å². The number of halogens is 6. The van der Waals surface area contributed by atoms with Crippen LogP contribution in [-0.4, -0.2) is 7.05 Å². The van der Waals surface area contributed by atoms with Crippen molar-refractivity contribution in [1.29, 1.82) is 0 Å². The molecule has 21 heavy (non-hydrogen) atoms. The third kappa shape index (κ3) is 2.87. The number of benzene rings is 2. The Morgan fingerprint density at radius 1 is 0.857 bits per heavy atom. The van der Waals surface area contributed by atoms with Crippen LogP contribution in [0.3, 0.4) is 0 Å². The van der Waals surface area contributed by atoms with Crippen LogP contribution in [0.5, 0.6) is 0 Å². The highest BCUT2D eigenvalue weighted by molar-refractivity contribution is 6.31. The molecular formula is C14H9ClF5N. The molecule has 0 saturated carbocycles. The van der Waals surface area contributed by atoms with Crippen molar-refractivity contribution in [2.24, 2.45) is 0 Å². The predicted octanol–water partition coefficient (Wildman–Crippen LogP) is 4.34. The predicted molar refractivity (Wildman–Crippen MR) is 68.6 cm³/mol. The molecule has 0 spiro atoms. The second-order valence-corrected chi connectivity index (χ2v) is 4.68. The van der Waals surface area contributed by atoms with Gasteiger partial charge in [-0.1, -0.05) is 17.7 Å². The lowest BCUT2D eigenvalue weighted by Crippen LogP contribution is -2.20. The van der Waals surface area contributed by atoms with Crippen LogP contribution in [0.25, 0.3) is 0 Å². The summed E-state index contributed by atoms with van der Waals surface area (Å²) in [5.41, 5.74) is -0.271. The minimum Gasteiger partial charge on any atom is -0.309 e. The molecule has 2 aromatic rings. The van der Waals surface area contributed by atoms with Crippen LogP contribution < -0.4 is 5.32 Å². The zero-order valence-corrected chi connectivity index (χ0v) is 11.4. The highest BCUT2D eigenvalue weighted by Gasteiger charge is 2.24. The zero-order chi connectivity index (χ0) is 15.7. The number of rotatable bonds is 3. The lowest BCUT2D eigenvalue weighted by molar-refractivity contribution is 0.434. The highest BCUT2D eigenvalue weighted by Crippen LogP contribution is 2.32. The van der Waals surface area contributed by atoms with Crippen LogP contribution >= 0.6 is 11.6 Å². The minimum atomic E-state index is -1.65. The molecule has 2 aromatic carbocycles. The fourth-order valence-corrected chi connectivity index (χ4v) is 2.26. The molecule has 0 bridgehead atoms. The maximum absolute atomic E-state index is 13.8. The molecule has 112 valence electrons. The topological polar surface area (TPSA) is 12.0 Å². The monoisotopic (exact) mass is 321 g/mol. The van der Waals surface area contributed by atoms with Gasteiger partial charge in [0.25, 0.3) is 0 Å². The highest BCUT2D eigenvalue weighted by atomic mass is 35.5. The zero-order valence-electron chi connectivity index (χ0n) is 10.7. The molecule has 0 fully saturated rings. The molecule has 0 radical (unpaired) electrons. The van der Waals surface area contributed by atoms with Crippen molar-refractivity contribution in [3.8, 4) is 0 Å². The Morgan fingerprint density at radius 3 is 2.10 bits per heavy atom. The maximum atomic E-state index is 13.8. The summed E-state index contributed by atoms with van der Waals surface area (Å²) in [6, 6.07) is 2.19. The van der Waals surface area contributed by atoms with Crippen molar-refractivity contribution in [2.45, 2.75) is 6.04 Å². The normalized spacial score (nSPS) is 12.5. The van der Waals surface area contributed by atoms with Crippen LogP contribution in [-0.2, 0) is 0 Å². The largest absolute Gasteiger partial charge is 0.309 e. The Labute approximate surface area is 122 Å². The molecule has 0 saturated heterocycles. The number of nitrogens with one attached hydrogen (secondary N) is 1. The van der Waals surface area contributed by atoms with Crippen molar-refractivity contribution in [1.82, 2.24) is 5.32 Å². The Bertz CT molecular complexity index is 688. The van der Waals surface area contributed by atoms with Gasteiger partial charge in [-0.25, -0.2) is 22.0 Å². The average Bonchev–Trinajstić information content (AvgIpc) is 2.44. The molecule has 1 unspecified atom stereocenters. The molecule has 1 N–H and O–H groups in total. The summed E-state index contributed by atoms with van der Waals surface area (Å²) in [5, 5.41) is 2.44. The summed E-state index contributed by atoms with van der Waals surface area (Å²) in [7, 11) is 1.39. The molecule has 1 nitrogen and oxygen atoms in total. The van der Waals surface area contributed by atoms with Crippen molar-refractivity contribution < 1.29 is 22.0 Å². The van der Waals surface area contributed by atoms with Gasteiger partial charge in [-0.2, -0.15) is 0 Å². The number of hydrogen-bond acceptors (Lipinski definition) is 1. The van der Waals surface area contributed by atoms with E-state index in [9.17, 15) is 22.0 Å². The molecule has 0 aliphatic rings. The summed E-state index contributed by atoms with van der Waals surface area (Å²) in [5.74, 6) is -6.76. The van der Waals surface area contributed by atoms with Gasteiger partial charge in [0.2, 0.25) is 0 Å². The molecule has 0 aliphatic carbocycles. The Morgan fingerprint density at radius 2 is 1.48 bits per heavy atom. The SMILES string of the molecule is CNC(c1cc(F)c(F)cc1Cl)c1ccc(F)c(F)c1F. The molecule has 0 amide bonds. The molecule has 0 heterocycles. The summed E-state index contributed by atoms with van der Waals surface area (Å²) >= 11 is 5.81. The van der Waals surface area contributed by atoms with E-state index in [0.29, 0.717) is 0 Å². The summed E-state index contributed by atoms with van der Waals surface area (Å²) in [6.07, 6.45) is 0. The van der Waals surface area contributed by atoms with Crippen molar-refractivity contribution in [3.63, 3.8) is 0 Å². The van der Waals surface area contributed by atoms with E-state index < -0.39 is 35.1 Å². The summed E-state index contributed by atoms with van der Waals surface area (Å²) < 4.78 is 66.5. The van der Waals surface area contributed by atoms with Crippen LogP contribution in [0.2, 0.25) is 5.02 Å². The van der Waals surface area contributed by atoms with Gasteiger partial charge < -0.3 is 5.32 Å². The molecule has 0 aromatic heterocycles. The van der Waals surface area contributed by atoms with E-state index in [1.807, 2.05) is 0 Å². The summed E-state index contributed by atoms with van der Waals surface area (Å²) in [6.45, 7) is 0. The fourth-order valence-electron chi connectivity index (χ4n) is 2.00. The van der Waals surface area contributed by atoms with E-state index in [1.165, 1.54) is 7.05 Å². The van der Waals surface area contributed by atoms with Crippen molar-refractivity contribution >= 4 is 11.6 Å². The molecule has 2 rings (SSSR count). The second kappa shape index (κ2) is 5.99. The van der Waals surface area contributed by atoms with Crippen LogP contribution in [0.1, 0.15) is 17.2 Å². The molecule has 1 atom stereocenters. The Kier molecular flexibility index (Phi) is 4.49. The van der Waals surface area contributed by atoms with Crippen LogP contribution in [0.15, 0.2) is 24.3 Å². The molecule has 0 aliphatic heterocycles. The first kappa shape index (κ1) is 15.7. The van der Waals surface area contributed by atoms with Crippen LogP contribution in [0, 0.1) is 29.1 Å². The van der Waals surface area contributed by atoms with E-state index in [0.717, 1.165) is 24.3 Å². The second-order valence-electron chi connectivity index (χ2n) is 4.27. The minimum absolute atomic E-state index is 0.00275. The Balaban J connectivity index is 2.60.